The third-order valence-electron chi connectivity index (χ3n) is 4.81. The summed E-state index contributed by atoms with van der Waals surface area (Å²) in [6, 6.07) is 6.26. The van der Waals surface area contributed by atoms with Gasteiger partial charge in [0.05, 0.1) is 12.8 Å². The summed E-state index contributed by atoms with van der Waals surface area (Å²) in [7, 11) is 3.77. The summed E-state index contributed by atoms with van der Waals surface area (Å²) in [6.45, 7) is 4.96. The Kier molecular flexibility index (Phi) is 3.38. The van der Waals surface area contributed by atoms with Gasteiger partial charge in [-0.15, -0.1) is 0 Å². The molecule has 0 bridgehead atoms. The molecular formula is C18H22N4O. The number of imidazole rings is 1. The number of methoxy groups -OCH3 is 1. The molecule has 4 rings (SSSR count). The van der Waals surface area contributed by atoms with Crippen molar-refractivity contribution in [3.63, 3.8) is 0 Å². The lowest BCUT2D eigenvalue weighted by molar-refractivity contribution is 0.243. The molecule has 1 aliphatic rings. The van der Waals surface area contributed by atoms with Gasteiger partial charge in [0.2, 0.25) is 0 Å². The zero-order valence-corrected chi connectivity index (χ0v) is 13.9. The molecule has 3 heterocycles. The molecule has 1 aromatic carbocycles. The van der Waals surface area contributed by atoms with E-state index in [1.54, 1.807) is 7.11 Å². The largest absolute Gasteiger partial charge is 0.497 e. The van der Waals surface area contributed by atoms with Gasteiger partial charge >= 0.3 is 0 Å². The van der Waals surface area contributed by atoms with Gasteiger partial charge in [-0.3, -0.25) is 4.90 Å². The van der Waals surface area contributed by atoms with Crippen LogP contribution in [0, 0.1) is 6.92 Å². The van der Waals surface area contributed by atoms with Crippen molar-refractivity contribution >= 4 is 10.9 Å². The van der Waals surface area contributed by atoms with Crippen LogP contribution in [0.1, 0.15) is 22.8 Å². The summed E-state index contributed by atoms with van der Waals surface area (Å²) in [6.07, 6.45) is 3.18. The molecule has 0 radical (unpaired) electrons. The smallest absolute Gasteiger partial charge is 0.119 e. The van der Waals surface area contributed by atoms with Gasteiger partial charge in [0.1, 0.15) is 11.6 Å². The van der Waals surface area contributed by atoms with Gasteiger partial charge in [-0.1, -0.05) is 0 Å². The Balaban J connectivity index is 1.62. The van der Waals surface area contributed by atoms with Crippen molar-refractivity contribution in [2.24, 2.45) is 7.05 Å². The van der Waals surface area contributed by atoms with Gasteiger partial charge < -0.3 is 14.3 Å². The van der Waals surface area contributed by atoms with Crippen LogP contribution < -0.4 is 4.74 Å². The number of rotatable bonds is 3. The molecule has 120 valence electrons. The lowest BCUT2D eigenvalue weighted by atomic mass is 10.0. The van der Waals surface area contributed by atoms with Crippen LogP contribution in [-0.2, 0) is 26.6 Å². The Bertz CT molecular complexity index is 842. The molecule has 0 amide bonds. The number of aromatic amines is 1. The first-order valence-electron chi connectivity index (χ1n) is 8.02. The molecule has 1 N–H and O–H groups in total. The van der Waals surface area contributed by atoms with E-state index in [4.69, 9.17) is 4.74 Å². The Morgan fingerprint density at radius 2 is 2.22 bits per heavy atom. The number of hydrogen-bond acceptors (Lipinski definition) is 3. The fourth-order valence-electron chi connectivity index (χ4n) is 3.45. The van der Waals surface area contributed by atoms with E-state index in [-0.39, 0.29) is 0 Å². The molecule has 0 fully saturated rings. The number of benzene rings is 1. The van der Waals surface area contributed by atoms with Gasteiger partial charge in [0.15, 0.2) is 0 Å². The summed E-state index contributed by atoms with van der Waals surface area (Å²) < 4.78 is 7.47. The highest BCUT2D eigenvalue weighted by Crippen LogP contribution is 2.30. The van der Waals surface area contributed by atoms with E-state index in [2.05, 4.69) is 37.8 Å². The minimum Gasteiger partial charge on any atom is -0.497 e. The van der Waals surface area contributed by atoms with Gasteiger partial charge in [-0.25, -0.2) is 4.98 Å². The average molecular weight is 310 g/mol. The molecule has 0 saturated carbocycles. The average Bonchev–Trinajstić information content (AvgIpc) is 3.06. The Morgan fingerprint density at radius 1 is 1.35 bits per heavy atom. The van der Waals surface area contributed by atoms with Crippen molar-refractivity contribution in [3.05, 3.63) is 47.2 Å². The van der Waals surface area contributed by atoms with E-state index in [0.29, 0.717) is 0 Å². The van der Waals surface area contributed by atoms with Gasteiger partial charge in [-0.2, -0.15) is 0 Å². The summed E-state index contributed by atoms with van der Waals surface area (Å²) in [4.78, 5) is 10.7. The molecule has 3 aromatic rings. The maximum Gasteiger partial charge on any atom is 0.119 e. The molecular weight excluding hydrogens is 288 g/mol. The fourth-order valence-corrected chi connectivity index (χ4v) is 3.45. The van der Waals surface area contributed by atoms with Crippen LogP contribution in [0.5, 0.6) is 5.75 Å². The Hall–Kier alpha value is -2.27. The summed E-state index contributed by atoms with van der Waals surface area (Å²) in [5.74, 6) is 1.98. The third kappa shape index (κ3) is 2.51. The van der Waals surface area contributed by atoms with Crippen molar-refractivity contribution in [3.8, 4) is 5.75 Å². The molecule has 0 atom stereocenters. The number of ether oxygens (including phenoxy) is 1. The second kappa shape index (κ2) is 5.42. The highest BCUT2D eigenvalue weighted by molar-refractivity contribution is 5.86. The highest BCUT2D eigenvalue weighted by Gasteiger charge is 2.21. The minimum absolute atomic E-state index is 0.901. The molecule has 23 heavy (non-hydrogen) atoms. The van der Waals surface area contributed by atoms with Gasteiger partial charge in [0, 0.05) is 55.9 Å². The number of aromatic nitrogens is 3. The first-order valence-corrected chi connectivity index (χ1v) is 8.02. The first-order chi connectivity index (χ1) is 11.1. The first kappa shape index (κ1) is 14.3. The number of aryl methyl sites for hydroxylation is 2. The predicted octanol–water partition coefficient (Wildman–Crippen LogP) is 2.78. The predicted molar refractivity (Wildman–Crippen MR) is 90.6 cm³/mol. The quantitative estimate of drug-likeness (QED) is 0.809. The molecule has 2 aromatic heterocycles. The van der Waals surface area contributed by atoms with Crippen LogP contribution >= 0.6 is 0 Å². The van der Waals surface area contributed by atoms with Crippen LogP contribution in [0.3, 0.4) is 0 Å². The van der Waals surface area contributed by atoms with Crippen molar-refractivity contribution in [2.75, 3.05) is 13.7 Å². The molecule has 5 nitrogen and oxygen atoms in total. The van der Waals surface area contributed by atoms with E-state index in [1.807, 2.05) is 20.0 Å². The Morgan fingerprint density at radius 3 is 2.96 bits per heavy atom. The van der Waals surface area contributed by atoms with Crippen molar-refractivity contribution in [1.82, 2.24) is 19.4 Å². The topological polar surface area (TPSA) is 46.1 Å². The van der Waals surface area contributed by atoms with E-state index in [0.717, 1.165) is 43.3 Å². The SMILES string of the molecule is COc1ccc2[nH]c3c(c2c1)CN(Cc1cn(C)c(C)n1)CC3. The zero-order chi connectivity index (χ0) is 16.0. The van der Waals surface area contributed by atoms with Crippen LogP contribution in [-0.4, -0.2) is 33.1 Å². The normalized spacial score (nSPS) is 15.1. The van der Waals surface area contributed by atoms with Crippen LogP contribution in [0.15, 0.2) is 24.4 Å². The Labute approximate surface area is 135 Å². The van der Waals surface area contributed by atoms with Gasteiger partial charge in [-0.05, 0) is 30.7 Å². The summed E-state index contributed by atoms with van der Waals surface area (Å²) in [5.41, 5.74) is 5.11. The van der Waals surface area contributed by atoms with Gasteiger partial charge in [0.25, 0.3) is 0 Å². The fraction of sp³-hybridized carbons (Fsp3) is 0.389. The number of nitrogens with one attached hydrogen (secondary N) is 1. The summed E-state index contributed by atoms with van der Waals surface area (Å²) >= 11 is 0. The standard InChI is InChI=1S/C18H22N4O/c1-12-19-13(9-21(12)2)10-22-7-6-18-16(11-22)15-8-14(23-3)4-5-17(15)20-18/h4-5,8-9,20H,6-7,10-11H2,1-3H3. The third-order valence-corrected chi connectivity index (χ3v) is 4.81. The van der Waals surface area contributed by atoms with Crippen LogP contribution in [0.25, 0.3) is 10.9 Å². The molecule has 0 spiro atoms. The lowest BCUT2D eigenvalue weighted by Crippen LogP contribution is -2.29. The number of hydrogen-bond donors (Lipinski definition) is 1. The van der Waals surface area contributed by atoms with E-state index in [9.17, 15) is 0 Å². The molecule has 0 aliphatic carbocycles. The van der Waals surface area contributed by atoms with Crippen molar-refractivity contribution in [1.29, 1.82) is 0 Å². The number of nitrogens with zero attached hydrogens (tertiary/aromatic N) is 3. The molecule has 0 saturated heterocycles. The maximum absolute atomic E-state index is 5.38. The van der Waals surface area contributed by atoms with Crippen LogP contribution in [0.4, 0.5) is 0 Å². The number of H-pyrrole nitrogens is 1. The monoisotopic (exact) mass is 310 g/mol. The van der Waals surface area contributed by atoms with Crippen LogP contribution in [0.2, 0.25) is 0 Å². The second-order valence-corrected chi connectivity index (χ2v) is 6.34. The second-order valence-electron chi connectivity index (χ2n) is 6.34. The van der Waals surface area contributed by atoms with E-state index >= 15 is 0 Å². The minimum atomic E-state index is 0.901. The van der Waals surface area contributed by atoms with E-state index < -0.39 is 0 Å². The molecule has 1 aliphatic heterocycles. The highest BCUT2D eigenvalue weighted by atomic mass is 16.5. The maximum atomic E-state index is 5.38. The van der Waals surface area contributed by atoms with Crippen molar-refractivity contribution in [2.45, 2.75) is 26.4 Å². The zero-order valence-electron chi connectivity index (χ0n) is 13.9. The lowest BCUT2D eigenvalue weighted by Gasteiger charge is -2.26. The summed E-state index contributed by atoms with van der Waals surface area (Å²) in [5, 5.41) is 1.28. The van der Waals surface area contributed by atoms with Crippen molar-refractivity contribution < 1.29 is 4.74 Å². The number of fused-ring (bicyclic) bond motifs is 3. The van der Waals surface area contributed by atoms with E-state index in [1.165, 1.54) is 22.2 Å². The molecule has 5 heteroatoms. The molecule has 0 unspecified atom stereocenters.